The fourth-order valence-electron chi connectivity index (χ4n) is 2.30. The first-order chi connectivity index (χ1) is 7.99. The first-order valence-electron chi connectivity index (χ1n) is 6.04. The lowest BCUT2D eigenvalue weighted by Gasteiger charge is -2.19. The van der Waals surface area contributed by atoms with Crippen LogP contribution in [0, 0.1) is 6.92 Å². The van der Waals surface area contributed by atoms with E-state index in [1.807, 2.05) is 32.1 Å². The summed E-state index contributed by atoms with van der Waals surface area (Å²) in [4.78, 5) is 11.8. The van der Waals surface area contributed by atoms with E-state index in [9.17, 15) is 9.90 Å². The number of phenolic OH excluding ortho intramolecular Hbond substituents is 1. The van der Waals surface area contributed by atoms with Gasteiger partial charge in [0.25, 0.3) is 0 Å². The summed E-state index contributed by atoms with van der Waals surface area (Å²) in [6.45, 7) is 5.85. The summed E-state index contributed by atoms with van der Waals surface area (Å²) in [6.07, 6.45) is 3.39. The first kappa shape index (κ1) is 11.9. The van der Waals surface area contributed by atoms with Crippen molar-refractivity contribution in [3.05, 3.63) is 34.4 Å². The van der Waals surface area contributed by atoms with E-state index in [1.165, 1.54) is 0 Å². The molecule has 0 fully saturated rings. The first-order valence-corrected chi connectivity index (χ1v) is 6.04. The number of phenols is 1. The van der Waals surface area contributed by atoms with Crippen molar-refractivity contribution in [2.75, 3.05) is 0 Å². The fraction of sp³-hybridized carbons (Fsp3) is 0.400. The molecule has 0 amide bonds. The molecule has 1 atom stereocenters. The molecule has 2 heteroatoms. The van der Waals surface area contributed by atoms with Crippen LogP contribution < -0.4 is 0 Å². The van der Waals surface area contributed by atoms with Crippen LogP contribution in [0.2, 0.25) is 0 Å². The van der Waals surface area contributed by atoms with Crippen molar-refractivity contribution in [3.63, 3.8) is 0 Å². The number of hydrogen-bond donors (Lipinski definition) is 1. The van der Waals surface area contributed by atoms with Gasteiger partial charge in [-0.15, -0.1) is 0 Å². The van der Waals surface area contributed by atoms with Gasteiger partial charge >= 0.3 is 0 Å². The molecule has 17 heavy (non-hydrogen) atoms. The number of carbonyl (C=O) groups excluding carboxylic acids is 1. The van der Waals surface area contributed by atoms with E-state index in [2.05, 4.69) is 6.92 Å². The lowest BCUT2D eigenvalue weighted by molar-refractivity contribution is -0.115. The number of carbonyl (C=O) groups is 1. The van der Waals surface area contributed by atoms with Crippen molar-refractivity contribution in [1.29, 1.82) is 0 Å². The highest BCUT2D eigenvalue weighted by Crippen LogP contribution is 2.33. The standard InChI is InChI=1S/C15H18O2/c1-9-4-5-14(16)10(2)6-12-7-11(3)15(17)8-13(9)12/h6-9,17H,4-5H2,1-3H3/t9-/m0/s1. The second-order valence-electron chi connectivity index (χ2n) is 4.96. The smallest absolute Gasteiger partial charge is 0.158 e. The second-order valence-corrected chi connectivity index (χ2v) is 4.96. The van der Waals surface area contributed by atoms with E-state index in [0.717, 1.165) is 28.7 Å². The van der Waals surface area contributed by atoms with Gasteiger partial charge in [-0.1, -0.05) is 6.92 Å². The second kappa shape index (κ2) is 4.36. The molecule has 0 unspecified atom stereocenters. The molecule has 1 aliphatic rings. The Kier molecular flexibility index (Phi) is 3.05. The molecule has 1 aromatic carbocycles. The van der Waals surface area contributed by atoms with Crippen molar-refractivity contribution >= 4 is 11.9 Å². The zero-order chi connectivity index (χ0) is 12.6. The average Bonchev–Trinajstić information content (AvgIpc) is 2.28. The number of aryl methyl sites for hydroxylation is 1. The number of hydrogen-bond acceptors (Lipinski definition) is 2. The number of benzene rings is 1. The van der Waals surface area contributed by atoms with Gasteiger partial charge in [0.05, 0.1) is 0 Å². The monoisotopic (exact) mass is 230 g/mol. The van der Waals surface area contributed by atoms with E-state index in [0.29, 0.717) is 18.1 Å². The van der Waals surface area contributed by atoms with Crippen LogP contribution >= 0.6 is 0 Å². The predicted molar refractivity (Wildman–Crippen MR) is 69.2 cm³/mol. The molecule has 1 aromatic rings. The van der Waals surface area contributed by atoms with Crippen LogP contribution in [0.1, 0.15) is 49.3 Å². The Balaban J connectivity index is 2.62. The maximum Gasteiger partial charge on any atom is 0.158 e. The van der Waals surface area contributed by atoms with Crippen LogP contribution in [0.25, 0.3) is 6.08 Å². The lowest BCUT2D eigenvalue weighted by Crippen LogP contribution is -2.07. The van der Waals surface area contributed by atoms with Gasteiger partial charge < -0.3 is 5.11 Å². The molecule has 0 saturated carbocycles. The summed E-state index contributed by atoms with van der Waals surface area (Å²) in [5, 5.41) is 9.79. The van der Waals surface area contributed by atoms with Gasteiger partial charge in [-0.2, -0.15) is 0 Å². The third kappa shape index (κ3) is 2.26. The number of aromatic hydroxyl groups is 1. The maximum atomic E-state index is 11.8. The highest BCUT2D eigenvalue weighted by molar-refractivity contribution is 5.99. The molecule has 0 spiro atoms. The normalized spacial score (nSPS) is 20.3. The molecular formula is C15H18O2. The molecule has 1 N–H and O–H groups in total. The minimum atomic E-state index is 0.230. The van der Waals surface area contributed by atoms with Crippen molar-refractivity contribution in [2.45, 2.75) is 39.5 Å². The van der Waals surface area contributed by atoms with E-state index in [-0.39, 0.29) is 5.78 Å². The summed E-state index contributed by atoms with van der Waals surface area (Å²) in [7, 11) is 0. The van der Waals surface area contributed by atoms with Crippen LogP contribution in [0.15, 0.2) is 17.7 Å². The molecule has 90 valence electrons. The number of Topliss-reactive ketones (excluding diaryl/α,β-unsaturated/α-hetero) is 1. The van der Waals surface area contributed by atoms with Crippen molar-refractivity contribution in [2.24, 2.45) is 0 Å². The van der Waals surface area contributed by atoms with Gasteiger partial charge in [0, 0.05) is 6.42 Å². The highest BCUT2D eigenvalue weighted by atomic mass is 16.3. The van der Waals surface area contributed by atoms with Crippen molar-refractivity contribution in [1.82, 2.24) is 0 Å². The zero-order valence-corrected chi connectivity index (χ0v) is 10.6. The van der Waals surface area contributed by atoms with Crippen molar-refractivity contribution in [3.8, 4) is 5.75 Å². The fourth-order valence-corrected chi connectivity index (χ4v) is 2.30. The molecule has 0 heterocycles. The summed E-state index contributed by atoms with van der Waals surface area (Å²) < 4.78 is 0. The van der Waals surface area contributed by atoms with Crippen LogP contribution in [-0.2, 0) is 4.79 Å². The third-order valence-electron chi connectivity index (χ3n) is 3.55. The zero-order valence-electron chi connectivity index (χ0n) is 10.6. The highest BCUT2D eigenvalue weighted by Gasteiger charge is 2.18. The average molecular weight is 230 g/mol. The Bertz CT molecular complexity index is 498. The topological polar surface area (TPSA) is 37.3 Å². The molecular weight excluding hydrogens is 212 g/mol. The van der Waals surface area contributed by atoms with Crippen LogP contribution in [0.3, 0.4) is 0 Å². The Labute approximate surface area is 102 Å². The van der Waals surface area contributed by atoms with Crippen LogP contribution in [0.4, 0.5) is 0 Å². The third-order valence-corrected chi connectivity index (χ3v) is 3.55. The minimum absolute atomic E-state index is 0.230. The lowest BCUT2D eigenvalue weighted by atomic mass is 9.86. The summed E-state index contributed by atoms with van der Waals surface area (Å²) in [6, 6.07) is 3.80. The van der Waals surface area contributed by atoms with Gasteiger partial charge in [-0.25, -0.2) is 0 Å². The Morgan fingerprint density at radius 2 is 2.00 bits per heavy atom. The number of allylic oxidation sites excluding steroid dienone is 1. The van der Waals surface area contributed by atoms with Crippen molar-refractivity contribution < 1.29 is 9.90 Å². The molecule has 0 radical (unpaired) electrons. The predicted octanol–water partition coefficient (Wildman–Crippen LogP) is 3.57. The van der Waals surface area contributed by atoms with Gasteiger partial charge in [-0.3, -0.25) is 4.79 Å². The molecule has 0 bridgehead atoms. The van der Waals surface area contributed by atoms with Crippen LogP contribution in [-0.4, -0.2) is 10.9 Å². The van der Waals surface area contributed by atoms with Gasteiger partial charge in [0.2, 0.25) is 0 Å². The molecule has 2 rings (SSSR count). The molecule has 1 aliphatic carbocycles. The maximum absolute atomic E-state index is 11.8. The number of fused-ring (bicyclic) bond motifs is 1. The largest absolute Gasteiger partial charge is 0.508 e. The Morgan fingerprint density at radius 3 is 2.71 bits per heavy atom. The SMILES string of the molecule is CC1=Cc2cc(C)c(O)cc2[C@@H](C)CCC1=O. The Morgan fingerprint density at radius 1 is 1.29 bits per heavy atom. The Hall–Kier alpha value is -1.57. The minimum Gasteiger partial charge on any atom is -0.508 e. The van der Waals surface area contributed by atoms with E-state index in [1.54, 1.807) is 0 Å². The summed E-state index contributed by atoms with van der Waals surface area (Å²) in [5.74, 6) is 0.881. The molecule has 2 nitrogen and oxygen atoms in total. The van der Waals surface area contributed by atoms with E-state index >= 15 is 0 Å². The van der Waals surface area contributed by atoms with Gasteiger partial charge in [-0.05, 0) is 66.7 Å². The van der Waals surface area contributed by atoms with E-state index < -0.39 is 0 Å². The van der Waals surface area contributed by atoms with Crippen LogP contribution in [0.5, 0.6) is 5.75 Å². The van der Waals surface area contributed by atoms with Gasteiger partial charge in [0.1, 0.15) is 5.75 Å². The number of rotatable bonds is 0. The van der Waals surface area contributed by atoms with E-state index in [4.69, 9.17) is 0 Å². The quantitative estimate of drug-likeness (QED) is 0.739. The summed E-state index contributed by atoms with van der Waals surface area (Å²) in [5.41, 5.74) is 3.87. The summed E-state index contributed by atoms with van der Waals surface area (Å²) >= 11 is 0. The molecule has 0 aliphatic heterocycles. The molecule has 0 aromatic heterocycles. The number of ketones is 1. The molecule has 0 saturated heterocycles. The van der Waals surface area contributed by atoms with Gasteiger partial charge in [0.15, 0.2) is 5.78 Å².